The maximum atomic E-state index is 12.8. The summed E-state index contributed by atoms with van der Waals surface area (Å²) in [6, 6.07) is 8.18. The summed E-state index contributed by atoms with van der Waals surface area (Å²) < 4.78 is 37.7. The molecule has 29 heavy (non-hydrogen) atoms. The zero-order valence-corrected chi connectivity index (χ0v) is 17.9. The van der Waals surface area contributed by atoms with Gasteiger partial charge in [0, 0.05) is 13.1 Å². The monoisotopic (exact) mass is 435 g/mol. The largest absolute Gasteiger partial charge is 0.452 e. The van der Waals surface area contributed by atoms with E-state index in [4.69, 9.17) is 9.15 Å². The number of sulfonamides is 1. The number of esters is 1. The number of benzene rings is 1. The lowest BCUT2D eigenvalue weighted by Crippen LogP contribution is -2.31. The van der Waals surface area contributed by atoms with E-state index in [1.165, 1.54) is 27.8 Å². The highest BCUT2D eigenvalue weighted by molar-refractivity contribution is 7.89. The molecule has 0 spiro atoms. The number of carbonyl (C=O) groups is 1. The quantitative estimate of drug-likeness (QED) is 0.499. The standard InChI is InChI=1S/C19H21N3O5S2/c1-4-22(5-2)29(24,25)16-11-14(9-8-13(16)3)19(23)26-12-17-20-21-18(27-17)15-7-6-10-28-15/h6-11H,4-5,12H2,1-3H3. The maximum absolute atomic E-state index is 12.8. The van der Waals surface area contributed by atoms with Crippen LogP contribution in [-0.4, -0.2) is 42.0 Å². The fourth-order valence-corrected chi connectivity index (χ4v) is 5.08. The fourth-order valence-electron chi connectivity index (χ4n) is 2.73. The van der Waals surface area contributed by atoms with Crippen LogP contribution >= 0.6 is 11.3 Å². The number of nitrogens with zero attached hydrogens (tertiary/aromatic N) is 3. The van der Waals surface area contributed by atoms with E-state index in [1.807, 2.05) is 17.5 Å². The van der Waals surface area contributed by atoms with Crippen LogP contribution in [0.4, 0.5) is 0 Å². The lowest BCUT2D eigenvalue weighted by molar-refractivity contribution is 0.0438. The van der Waals surface area contributed by atoms with E-state index in [9.17, 15) is 13.2 Å². The molecule has 0 aliphatic rings. The number of hydrogen-bond acceptors (Lipinski definition) is 8. The van der Waals surface area contributed by atoms with E-state index in [1.54, 1.807) is 26.8 Å². The molecular formula is C19H21N3O5S2. The third-order valence-electron chi connectivity index (χ3n) is 4.27. The third kappa shape index (κ3) is 4.55. The van der Waals surface area contributed by atoms with E-state index in [0.29, 0.717) is 24.5 Å². The zero-order valence-electron chi connectivity index (χ0n) is 16.3. The average molecular weight is 436 g/mol. The summed E-state index contributed by atoms with van der Waals surface area (Å²) in [5.41, 5.74) is 0.699. The number of aryl methyl sites for hydroxylation is 1. The van der Waals surface area contributed by atoms with Crippen molar-refractivity contribution in [2.24, 2.45) is 0 Å². The van der Waals surface area contributed by atoms with Gasteiger partial charge >= 0.3 is 5.97 Å². The van der Waals surface area contributed by atoms with Crippen LogP contribution in [0.15, 0.2) is 45.0 Å². The van der Waals surface area contributed by atoms with Crippen molar-refractivity contribution in [3.63, 3.8) is 0 Å². The highest BCUT2D eigenvalue weighted by atomic mass is 32.2. The van der Waals surface area contributed by atoms with E-state index in [0.717, 1.165) is 4.88 Å². The van der Waals surface area contributed by atoms with E-state index < -0.39 is 16.0 Å². The Bertz CT molecular complexity index is 1090. The Balaban J connectivity index is 1.75. The molecule has 0 aliphatic heterocycles. The summed E-state index contributed by atoms with van der Waals surface area (Å²) in [6.07, 6.45) is 0. The minimum Gasteiger partial charge on any atom is -0.452 e. The normalized spacial score (nSPS) is 11.7. The molecule has 0 unspecified atom stereocenters. The van der Waals surface area contributed by atoms with Gasteiger partial charge in [-0.1, -0.05) is 26.0 Å². The summed E-state index contributed by atoms with van der Waals surface area (Å²) in [5, 5.41) is 9.68. The van der Waals surface area contributed by atoms with Gasteiger partial charge in [-0.25, -0.2) is 13.2 Å². The van der Waals surface area contributed by atoms with Crippen LogP contribution in [0.1, 0.15) is 35.7 Å². The molecule has 0 amide bonds. The molecule has 1 aromatic carbocycles. The average Bonchev–Trinajstić information content (AvgIpc) is 3.38. The van der Waals surface area contributed by atoms with Crippen LogP contribution in [0.2, 0.25) is 0 Å². The van der Waals surface area contributed by atoms with Crippen molar-refractivity contribution in [3.05, 3.63) is 52.7 Å². The van der Waals surface area contributed by atoms with Crippen LogP contribution in [0.5, 0.6) is 0 Å². The minimum absolute atomic E-state index is 0.0911. The van der Waals surface area contributed by atoms with Crippen LogP contribution in [0, 0.1) is 6.92 Å². The number of carbonyl (C=O) groups excluding carboxylic acids is 1. The lowest BCUT2D eigenvalue weighted by atomic mass is 10.1. The van der Waals surface area contributed by atoms with Crippen molar-refractivity contribution in [1.82, 2.24) is 14.5 Å². The predicted octanol–water partition coefficient (Wildman–Crippen LogP) is 3.49. The first kappa shape index (κ1) is 21.2. The number of thiophene rings is 1. The molecule has 8 nitrogen and oxygen atoms in total. The van der Waals surface area contributed by atoms with Gasteiger partial charge in [-0.15, -0.1) is 21.5 Å². The van der Waals surface area contributed by atoms with Crippen molar-refractivity contribution in [2.75, 3.05) is 13.1 Å². The molecule has 2 heterocycles. The Kier molecular flexibility index (Phi) is 6.46. The summed E-state index contributed by atoms with van der Waals surface area (Å²) in [6.45, 7) is 5.71. The van der Waals surface area contributed by atoms with Gasteiger partial charge < -0.3 is 9.15 Å². The number of hydrogen-bond donors (Lipinski definition) is 0. The van der Waals surface area contributed by atoms with Crippen molar-refractivity contribution < 1.29 is 22.4 Å². The Labute approximate surface area is 173 Å². The minimum atomic E-state index is -3.69. The van der Waals surface area contributed by atoms with Crippen molar-refractivity contribution in [1.29, 1.82) is 0 Å². The molecule has 0 atom stereocenters. The van der Waals surface area contributed by atoms with E-state index in [2.05, 4.69) is 10.2 Å². The van der Waals surface area contributed by atoms with Crippen LogP contribution < -0.4 is 0 Å². The summed E-state index contributed by atoms with van der Waals surface area (Å²) in [7, 11) is -3.69. The van der Waals surface area contributed by atoms with Gasteiger partial charge in [-0.3, -0.25) is 0 Å². The molecule has 10 heteroatoms. The maximum Gasteiger partial charge on any atom is 0.338 e. The molecule has 2 aromatic heterocycles. The Morgan fingerprint density at radius 3 is 2.62 bits per heavy atom. The molecule has 3 rings (SSSR count). The Morgan fingerprint density at radius 2 is 1.97 bits per heavy atom. The molecule has 0 N–H and O–H groups in total. The van der Waals surface area contributed by atoms with Crippen molar-refractivity contribution in [3.8, 4) is 10.8 Å². The summed E-state index contributed by atoms with van der Waals surface area (Å²) in [5.74, 6) is -0.157. The number of aromatic nitrogens is 2. The summed E-state index contributed by atoms with van der Waals surface area (Å²) >= 11 is 1.46. The van der Waals surface area contributed by atoms with Crippen molar-refractivity contribution in [2.45, 2.75) is 32.3 Å². The first-order chi connectivity index (χ1) is 13.9. The molecule has 0 saturated heterocycles. The second kappa shape index (κ2) is 8.85. The van der Waals surface area contributed by atoms with Gasteiger partial charge in [0.15, 0.2) is 6.61 Å². The highest BCUT2D eigenvalue weighted by Crippen LogP contribution is 2.24. The fraction of sp³-hybridized carbons (Fsp3) is 0.316. The van der Waals surface area contributed by atoms with Crippen molar-refractivity contribution >= 4 is 27.3 Å². The smallest absolute Gasteiger partial charge is 0.338 e. The van der Waals surface area contributed by atoms with Crippen LogP contribution in [0.25, 0.3) is 10.8 Å². The number of ether oxygens (including phenoxy) is 1. The lowest BCUT2D eigenvalue weighted by Gasteiger charge is -2.20. The summed E-state index contributed by atoms with van der Waals surface area (Å²) in [4.78, 5) is 13.3. The van der Waals surface area contributed by atoms with Gasteiger partial charge in [0.25, 0.3) is 11.8 Å². The topological polar surface area (TPSA) is 103 Å². The van der Waals surface area contributed by atoms with Gasteiger partial charge in [0.05, 0.1) is 15.3 Å². The van der Waals surface area contributed by atoms with Crippen LogP contribution in [0.3, 0.4) is 0 Å². The van der Waals surface area contributed by atoms with Gasteiger partial charge in [-0.05, 0) is 36.1 Å². The predicted molar refractivity (Wildman–Crippen MR) is 108 cm³/mol. The molecule has 0 saturated carbocycles. The third-order valence-corrected chi connectivity index (χ3v) is 7.32. The molecule has 0 bridgehead atoms. The van der Waals surface area contributed by atoms with Crippen LogP contribution in [-0.2, 0) is 21.4 Å². The van der Waals surface area contributed by atoms with Gasteiger partial charge in [0.1, 0.15) is 0 Å². The first-order valence-electron chi connectivity index (χ1n) is 9.01. The van der Waals surface area contributed by atoms with E-state index in [-0.39, 0.29) is 23.0 Å². The first-order valence-corrected chi connectivity index (χ1v) is 11.3. The molecule has 0 radical (unpaired) electrons. The second-order valence-corrected chi connectivity index (χ2v) is 8.98. The Morgan fingerprint density at radius 1 is 1.21 bits per heavy atom. The van der Waals surface area contributed by atoms with E-state index >= 15 is 0 Å². The molecule has 154 valence electrons. The van der Waals surface area contributed by atoms with Gasteiger partial charge in [0.2, 0.25) is 10.0 Å². The number of rotatable bonds is 8. The second-order valence-electron chi connectivity index (χ2n) is 6.12. The highest BCUT2D eigenvalue weighted by Gasteiger charge is 2.25. The molecule has 0 aliphatic carbocycles. The SMILES string of the molecule is CCN(CC)S(=O)(=O)c1cc(C(=O)OCc2nnc(-c3cccs3)o2)ccc1C. The Hall–Kier alpha value is -2.56. The molecule has 0 fully saturated rings. The van der Waals surface area contributed by atoms with Gasteiger partial charge in [-0.2, -0.15) is 4.31 Å². The molecular weight excluding hydrogens is 414 g/mol. The molecule has 3 aromatic rings. The zero-order chi connectivity index (χ0) is 21.0.